The van der Waals surface area contributed by atoms with Gasteiger partial charge in [-0.15, -0.1) is 0 Å². The molecule has 0 aromatic rings. The second-order valence-electron chi connectivity index (χ2n) is 7.50. The number of carboxylic acid groups (broad SMARTS) is 1. The van der Waals surface area contributed by atoms with Gasteiger partial charge in [-0.2, -0.15) is 0 Å². The number of hydrogen-bond donors (Lipinski definition) is 2. The molecular formula is C19H32N2O4. The van der Waals surface area contributed by atoms with Crippen LogP contribution in [0.4, 0.5) is 0 Å². The van der Waals surface area contributed by atoms with E-state index in [9.17, 15) is 14.4 Å². The molecule has 0 unspecified atom stereocenters. The highest BCUT2D eigenvalue weighted by molar-refractivity contribution is 5.92. The molecule has 0 spiro atoms. The maximum atomic E-state index is 13.1. The van der Waals surface area contributed by atoms with Crippen LogP contribution >= 0.6 is 0 Å². The molecule has 0 bridgehead atoms. The lowest BCUT2D eigenvalue weighted by Gasteiger charge is -2.41. The molecule has 2 rings (SSSR count). The molecule has 0 atom stereocenters. The highest BCUT2D eigenvalue weighted by Crippen LogP contribution is 2.33. The van der Waals surface area contributed by atoms with Gasteiger partial charge in [0.15, 0.2) is 0 Å². The Kier molecular flexibility index (Phi) is 6.85. The first-order valence-electron chi connectivity index (χ1n) is 9.77. The van der Waals surface area contributed by atoms with Crippen LogP contribution in [0.5, 0.6) is 0 Å². The molecule has 0 saturated heterocycles. The maximum absolute atomic E-state index is 13.1. The Morgan fingerprint density at radius 1 is 0.960 bits per heavy atom. The van der Waals surface area contributed by atoms with Crippen molar-refractivity contribution in [2.45, 2.75) is 77.2 Å². The fourth-order valence-corrected chi connectivity index (χ4v) is 4.30. The monoisotopic (exact) mass is 352 g/mol. The first-order chi connectivity index (χ1) is 11.9. The van der Waals surface area contributed by atoms with Crippen LogP contribution in [0.3, 0.4) is 0 Å². The van der Waals surface area contributed by atoms with Crippen molar-refractivity contribution in [3.8, 4) is 0 Å². The average molecular weight is 352 g/mol. The van der Waals surface area contributed by atoms with E-state index in [1.54, 1.807) is 0 Å². The summed E-state index contributed by atoms with van der Waals surface area (Å²) in [5.41, 5.74) is -0.759. The van der Waals surface area contributed by atoms with Gasteiger partial charge in [0.25, 0.3) is 0 Å². The normalized spacial score (nSPS) is 25.8. The van der Waals surface area contributed by atoms with E-state index in [0.717, 1.165) is 19.3 Å². The highest BCUT2D eigenvalue weighted by atomic mass is 16.4. The van der Waals surface area contributed by atoms with Crippen molar-refractivity contribution < 1.29 is 19.5 Å². The van der Waals surface area contributed by atoms with E-state index < -0.39 is 11.5 Å². The van der Waals surface area contributed by atoms with Crippen molar-refractivity contribution in [3.63, 3.8) is 0 Å². The van der Waals surface area contributed by atoms with E-state index in [-0.39, 0.29) is 23.7 Å². The molecular weight excluding hydrogens is 320 g/mol. The lowest BCUT2D eigenvalue weighted by Crippen LogP contribution is -2.61. The van der Waals surface area contributed by atoms with Gasteiger partial charge in [0, 0.05) is 19.0 Å². The topological polar surface area (TPSA) is 86.7 Å². The molecule has 142 valence electrons. The third kappa shape index (κ3) is 4.53. The van der Waals surface area contributed by atoms with Gasteiger partial charge in [0.1, 0.15) is 5.54 Å². The summed E-state index contributed by atoms with van der Waals surface area (Å²) in [6, 6.07) is 0. The number of nitrogens with zero attached hydrogens (tertiary/aromatic N) is 1. The van der Waals surface area contributed by atoms with Gasteiger partial charge in [0.05, 0.1) is 5.92 Å². The van der Waals surface area contributed by atoms with E-state index >= 15 is 0 Å². The van der Waals surface area contributed by atoms with E-state index in [0.29, 0.717) is 51.6 Å². The maximum Gasteiger partial charge on any atom is 0.306 e. The van der Waals surface area contributed by atoms with Crippen molar-refractivity contribution in [2.75, 3.05) is 13.1 Å². The number of hydrogen-bond acceptors (Lipinski definition) is 3. The summed E-state index contributed by atoms with van der Waals surface area (Å²) in [5, 5.41) is 12.2. The quantitative estimate of drug-likeness (QED) is 0.769. The molecule has 0 radical (unpaired) electrons. The minimum Gasteiger partial charge on any atom is -0.481 e. The number of rotatable bonds is 6. The summed E-state index contributed by atoms with van der Waals surface area (Å²) in [5.74, 6) is -1.28. The molecule has 0 heterocycles. The molecule has 0 aromatic heterocycles. The van der Waals surface area contributed by atoms with Crippen LogP contribution in [-0.2, 0) is 14.4 Å². The minimum atomic E-state index is -0.765. The molecule has 2 amide bonds. The number of likely N-dealkylation sites (N-methyl/N-ethyl adjacent to an activating group) is 1. The summed E-state index contributed by atoms with van der Waals surface area (Å²) < 4.78 is 0. The van der Waals surface area contributed by atoms with Crippen molar-refractivity contribution in [1.82, 2.24) is 10.2 Å². The molecule has 2 N–H and O–H groups in total. The molecule has 0 aliphatic heterocycles. The van der Waals surface area contributed by atoms with Crippen LogP contribution in [-0.4, -0.2) is 46.4 Å². The third-order valence-corrected chi connectivity index (χ3v) is 5.98. The fraction of sp³-hybridized carbons (Fsp3) is 0.842. The van der Waals surface area contributed by atoms with Crippen LogP contribution < -0.4 is 5.32 Å². The third-order valence-electron chi connectivity index (χ3n) is 5.98. The lowest BCUT2D eigenvalue weighted by molar-refractivity contribution is -0.146. The Bertz CT molecular complexity index is 488. The van der Waals surface area contributed by atoms with Crippen LogP contribution in [0.15, 0.2) is 0 Å². The predicted octanol–water partition coefficient (Wildman–Crippen LogP) is 2.56. The van der Waals surface area contributed by atoms with Crippen LogP contribution in [0.25, 0.3) is 0 Å². The molecule has 2 fully saturated rings. The van der Waals surface area contributed by atoms with Crippen LogP contribution in [0.1, 0.15) is 71.6 Å². The van der Waals surface area contributed by atoms with E-state index in [1.165, 1.54) is 0 Å². The summed E-state index contributed by atoms with van der Waals surface area (Å²) in [6.07, 6.45) is 6.72. The Morgan fingerprint density at radius 2 is 1.48 bits per heavy atom. The summed E-state index contributed by atoms with van der Waals surface area (Å²) in [7, 11) is 0. The Labute approximate surface area is 150 Å². The lowest BCUT2D eigenvalue weighted by atomic mass is 9.78. The van der Waals surface area contributed by atoms with E-state index in [4.69, 9.17) is 5.11 Å². The van der Waals surface area contributed by atoms with Crippen molar-refractivity contribution >= 4 is 17.8 Å². The van der Waals surface area contributed by atoms with Gasteiger partial charge in [-0.05, 0) is 52.4 Å². The molecule has 25 heavy (non-hydrogen) atoms. The van der Waals surface area contributed by atoms with Gasteiger partial charge in [-0.1, -0.05) is 19.3 Å². The van der Waals surface area contributed by atoms with Crippen molar-refractivity contribution in [3.05, 3.63) is 0 Å². The Hall–Kier alpha value is -1.59. The number of nitrogens with one attached hydrogen (secondary N) is 1. The van der Waals surface area contributed by atoms with Gasteiger partial charge < -0.3 is 15.3 Å². The van der Waals surface area contributed by atoms with E-state index in [2.05, 4.69) is 5.32 Å². The molecule has 6 nitrogen and oxygen atoms in total. The van der Waals surface area contributed by atoms with Crippen LogP contribution in [0, 0.1) is 11.8 Å². The number of carboxylic acids is 1. The standard InChI is InChI=1S/C19H32N2O4/c1-3-21(4-2)18(25)19(12-6-5-7-13-19)20-16(22)14-8-10-15(11-9-14)17(23)24/h14-15H,3-13H2,1-2H3,(H,20,22)(H,23,24). The van der Waals surface area contributed by atoms with Gasteiger partial charge in [-0.3, -0.25) is 14.4 Å². The van der Waals surface area contributed by atoms with Crippen LogP contribution in [0.2, 0.25) is 0 Å². The van der Waals surface area contributed by atoms with Gasteiger partial charge in [-0.25, -0.2) is 0 Å². The SMILES string of the molecule is CCN(CC)C(=O)C1(NC(=O)C2CCC(C(=O)O)CC2)CCCCC1. The van der Waals surface area contributed by atoms with Gasteiger partial charge in [0.2, 0.25) is 11.8 Å². The average Bonchev–Trinajstić information content (AvgIpc) is 2.63. The predicted molar refractivity (Wildman–Crippen MR) is 95.0 cm³/mol. The first kappa shape index (κ1) is 19.7. The first-order valence-corrected chi connectivity index (χ1v) is 9.77. The molecule has 6 heteroatoms. The zero-order valence-electron chi connectivity index (χ0n) is 15.6. The summed E-state index contributed by atoms with van der Waals surface area (Å²) in [6.45, 7) is 5.23. The van der Waals surface area contributed by atoms with Crippen molar-refractivity contribution in [2.24, 2.45) is 11.8 Å². The zero-order valence-corrected chi connectivity index (χ0v) is 15.6. The number of aliphatic carboxylic acids is 1. The summed E-state index contributed by atoms with van der Waals surface area (Å²) in [4.78, 5) is 38.8. The summed E-state index contributed by atoms with van der Waals surface area (Å²) >= 11 is 0. The molecule has 2 saturated carbocycles. The molecule has 2 aliphatic carbocycles. The zero-order chi connectivity index (χ0) is 18.4. The van der Waals surface area contributed by atoms with E-state index in [1.807, 2.05) is 18.7 Å². The minimum absolute atomic E-state index is 0.0461. The largest absolute Gasteiger partial charge is 0.481 e. The highest BCUT2D eigenvalue weighted by Gasteiger charge is 2.44. The second kappa shape index (κ2) is 8.68. The smallest absolute Gasteiger partial charge is 0.306 e. The number of carbonyl (C=O) groups excluding carboxylic acids is 2. The second-order valence-corrected chi connectivity index (χ2v) is 7.50. The Morgan fingerprint density at radius 3 is 1.96 bits per heavy atom. The Balaban J connectivity index is 2.05. The number of carbonyl (C=O) groups is 3. The molecule has 0 aromatic carbocycles. The number of amides is 2. The van der Waals surface area contributed by atoms with Crippen molar-refractivity contribution in [1.29, 1.82) is 0 Å². The van der Waals surface area contributed by atoms with Gasteiger partial charge >= 0.3 is 5.97 Å². The molecule has 2 aliphatic rings. The fourth-order valence-electron chi connectivity index (χ4n) is 4.30.